The minimum atomic E-state index is -4.36. The molecule has 0 bridgehead atoms. The lowest BCUT2D eigenvalue weighted by molar-refractivity contribution is -0.870. The van der Waals surface area contributed by atoms with Crippen molar-refractivity contribution in [2.75, 3.05) is 40.9 Å². The van der Waals surface area contributed by atoms with Crippen LogP contribution in [0.25, 0.3) is 0 Å². The topological polar surface area (TPSA) is 105 Å². The third-order valence-electron chi connectivity index (χ3n) is 12.9. The van der Waals surface area contributed by atoms with E-state index in [4.69, 9.17) is 9.05 Å². The van der Waals surface area contributed by atoms with Crippen molar-refractivity contribution in [2.24, 2.45) is 0 Å². The van der Waals surface area contributed by atoms with Crippen LogP contribution in [0.4, 0.5) is 0 Å². The molecular formula is C60H114N2O6P+. The van der Waals surface area contributed by atoms with E-state index in [0.717, 1.165) is 51.4 Å². The summed E-state index contributed by atoms with van der Waals surface area (Å²) in [6, 6.07) is -0.875. The molecule has 0 saturated heterocycles. The van der Waals surface area contributed by atoms with Crippen molar-refractivity contribution >= 4 is 13.7 Å². The van der Waals surface area contributed by atoms with Gasteiger partial charge in [-0.05, 0) is 77.0 Å². The highest BCUT2D eigenvalue weighted by molar-refractivity contribution is 7.47. The van der Waals surface area contributed by atoms with Crippen LogP contribution in [0.2, 0.25) is 0 Å². The van der Waals surface area contributed by atoms with Gasteiger partial charge in [-0.25, -0.2) is 4.57 Å². The summed E-state index contributed by atoms with van der Waals surface area (Å²) in [5.41, 5.74) is 0. The number of hydrogen-bond donors (Lipinski definition) is 3. The summed E-state index contributed by atoms with van der Waals surface area (Å²) in [5.74, 6) is -0.194. The predicted molar refractivity (Wildman–Crippen MR) is 300 cm³/mol. The van der Waals surface area contributed by atoms with Gasteiger partial charge in [0.15, 0.2) is 0 Å². The van der Waals surface area contributed by atoms with Gasteiger partial charge >= 0.3 is 7.82 Å². The van der Waals surface area contributed by atoms with Crippen LogP contribution >= 0.6 is 7.82 Å². The number of quaternary nitrogens is 1. The van der Waals surface area contributed by atoms with Crippen molar-refractivity contribution in [3.05, 3.63) is 60.8 Å². The molecule has 69 heavy (non-hydrogen) atoms. The molecule has 1 amide bonds. The molecule has 8 nitrogen and oxygen atoms in total. The molecule has 0 aromatic rings. The molecule has 3 atom stereocenters. The summed E-state index contributed by atoms with van der Waals surface area (Å²) >= 11 is 0. The van der Waals surface area contributed by atoms with E-state index in [9.17, 15) is 19.4 Å². The van der Waals surface area contributed by atoms with Gasteiger partial charge in [-0.3, -0.25) is 13.8 Å². The third-order valence-corrected chi connectivity index (χ3v) is 13.9. The van der Waals surface area contributed by atoms with E-state index >= 15 is 0 Å². The maximum atomic E-state index is 13.0. The smallest absolute Gasteiger partial charge is 0.387 e. The molecule has 0 spiro atoms. The molecule has 9 heteroatoms. The van der Waals surface area contributed by atoms with E-state index < -0.39 is 20.0 Å². The van der Waals surface area contributed by atoms with Gasteiger partial charge in [0.25, 0.3) is 0 Å². The molecule has 3 unspecified atom stereocenters. The Kier molecular flexibility index (Phi) is 49.8. The van der Waals surface area contributed by atoms with E-state index in [1.165, 1.54) is 193 Å². The number of phosphoric acid groups is 1. The van der Waals surface area contributed by atoms with Crippen molar-refractivity contribution < 1.29 is 32.9 Å². The number of amides is 1. The van der Waals surface area contributed by atoms with Gasteiger partial charge in [0.2, 0.25) is 5.91 Å². The summed E-state index contributed by atoms with van der Waals surface area (Å²) in [7, 11) is 1.54. The predicted octanol–water partition coefficient (Wildman–Crippen LogP) is 17.7. The average Bonchev–Trinajstić information content (AvgIpc) is 3.31. The standard InChI is InChI=1S/C60H113N2O6P/c1-6-8-10-12-14-16-18-20-22-24-26-28-30-31-32-34-36-38-40-42-44-46-48-50-52-54-60(64)61-58(57-68-69(65,66)67-56-55-62(3,4)5)59(63)53-51-49-47-45-43-41-39-37-35-33-29-27-25-23-21-19-17-15-13-11-9-7-2/h26,28,31-32,35,37,43,45,51,53,58-59,63H,6-25,27,29-30,33-34,36,38-42,44,46-50,52,54-57H2,1-5H3,(H-,61,64,65,66)/p+1/b28-26-,32-31-,37-35+,45-43+,53-51+. The van der Waals surface area contributed by atoms with E-state index in [0.29, 0.717) is 17.4 Å². The monoisotopic (exact) mass is 990 g/mol. The maximum Gasteiger partial charge on any atom is 0.472 e. The van der Waals surface area contributed by atoms with Crippen LogP contribution in [-0.2, 0) is 18.4 Å². The summed E-state index contributed by atoms with van der Waals surface area (Å²) in [6.07, 6.45) is 69.0. The number of carbonyl (C=O) groups excluding carboxylic acids is 1. The van der Waals surface area contributed by atoms with Gasteiger partial charge in [-0.2, -0.15) is 0 Å². The lowest BCUT2D eigenvalue weighted by Gasteiger charge is -2.25. The van der Waals surface area contributed by atoms with E-state index in [1.807, 2.05) is 27.2 Å². The number of aliphatic hydroxyl groups excluding tert-OH is 1. The first-order chi connectivity index (χ1) is 33.5. The molecule has 0 aliphatic carbocycles. The second kappa shape index (κ2) is 51.1. The highest BCUT2D eigenvalue weighted by atomic mass is 31.2. The number of carbonyl (C=O) groups is 1. The summed E-state index contributed by atoms with van der Waals surface area (Å²) in [6.45, 7) is 4.80. The van der Waals surface area contributed by atoms with Gasteiger partial charge in [0.1, 0.15) is 13.2 Å². The van der Waals surface area contributed by atoms with Crippen molar-refractivity contribution in [3.8, 4) is 0 Å². The molecule has 0 heterocycles. The zero-order valence-corrected chi connectivity index (χ0v) is 46.9. The highest BCUT2D eigenvalue weighted by Gasteiger charge is 2.27. The fraction of sp³-hybridized carbons (Fsp3) is 0.817. The van der Waals surface area contributed by atoms with Crippen LogP contribution in [0.15, 0.2) is 60.8 Å². The fourth-order valence-electron chi connectivity index (χ4n) is 8.34. The molecule has 0 rings (SSSR count). The molecule has 3 N–H and O–H groups in total. The number of rotatable bonds is 53. The fourth-order valence-corrected chi connectivity index (χ4v) is 9.08. The number of nitrogens with zero attached hydrogens (tertiary/aromatic N) is 1. The molecule has 404 valence electrons. The number of aliphatic hydroxyl groups is 1. The third kappa shape index (κ3) is 53.8. The van der Waals surface area contributed by atoms with Crippen LogP contribution in [0, 0.1) is 0 Å². The highest BCUT2D eigenvalue weighted by Crippen LogP contribution is 2.43. The Labute approximate surface area is 428 Å². The molecule has 0 aliphatic heterocycles. The molecular weight excluding hydrogens is 876 g/mol. The number of hydrogen-bond acceptors (Lipinski definition) is 5. The Morgan fingerprint density at radius 3 is 1.25 bits per heavy atom. The van der Waals surface area contributed by atoms with Crippen molar-refractivity contribution in [3.63, 3.8) is 0 Å². The lowest BCUT2D eigenvalue weighted by atomic mass is 10.0. The van der Waals surface area contributed by atoms with Crippen LogP contribution in [0.1, 0.15) is 264 Å². The van der Waals surface area contributed by atoms with E-state index in [-0.39, 0.29) is 19.1 Å². The molecule has 0 radical (unpaired) electrons. The van der Waals surface area contributed by atoms with Crippen LogP contribution < -0.4 is 5.32 Å². The largest absolute Gasteiger partial charge is 0.472 e. The lowest BCUT2D eigenvalue weighted by Crippen LogP contribution is -2.45. The van der Waals surface area contributed by atoms with Crippen LogP contribution in [0.5, 0.6) is 0 Å². The molecule has 0 fully saturated rings. The Hall–Kier alpha value is -1.80. The second-order valence-corrected chi connectivity index (χ2v) is 22.4. The number of nitrogens with one attached hydrogen (secondary N) is 1. The quantitative estimate of drug-likeness (QED) is 0.0243. The minimum Gasteiger partial charge on any atom is -0.387 e. The Morgan fingerprint density at radius 2 is 0.841 bits per heavy atom. The number of likely N-dealkylation sites (N-methyl/N-ethyl adjacent to an activating group) is 1. The molecule has 0 aromatic heterocycles. The first-order valence-corrected chi connectivity index (χ1v) is 30.7. The zero-order chi connectivity index (χ0) is 50.6. The van der Waals surface area contributed by atoms with E-state index in [2.05, 4.69) is 67.8 Å². The SMILES string of the molecule is CCCCCCCCCCC/C=C\C/C=C\CCCCCCCCCCCC(=O)NC(COP(=O)(O)OCC[N+](C)(C)C)C(O)/C=C/CC/C=C/CC/C=C/CCCCCCCCCCCCCC. The molecule has 0 aromatic carbocycles. The van der Waals surface area contributed by atoms with Crippen LogP contribution in [-0.4, -0.2) is 73.4 Å². The first kappa shape index (κ1) is 67.2. The summed E-state index contributed by atoms with van der Waals surface area (Å²) in [5, 5.41) is 13.9. The normalized spacial score (nSPS) is 14.4. The van der Waals surface area contributed by atoms with Gasteiger partial charge in [-0.15, -0.1) is 0 Å². The van der Waals surface area contributed by atoms with Crippen molar-refractivity contribution in [2.45, 2.75) is 276 Å². The average molecular weight is 991 g/mol. The first-order valence-electron chi connectivity index (χ1n) is 29.2. The summed E-state index contributed by atoms with van der Waals surface area (Å²) < 4.78 is 23.7. The molecule has 0 aliphatic rings. The Balaban J connectivity index is 4.30. The molecule has 0 saturated carbocycles. The van der Waals surface area contributed by atoms with Gasteiger partial charge in [-0.1, -0.05) is 242 Å². The number of allylic oxidation sites excluding steroid dienone is 9. The summed E-state index contributed by atoms with van der Waals surface area (Å²) in [4.78, 5) is 23.3. The van der Waals surface area contributed by atoms with Crippen molar-refractivity contribution in [1.29, 1.82) is 0 Å². The van der Waals surface area contributed by atoms with Gasteiger partial charge in [0.05, 0.1) is 39.9 Å². The number of unbranched alkanes of at least 4 members (excludes halogenated alkanes) is 32. The second-order valence-electron chi connectivity index (χ2n) is 21.0. The maximum absolute atomic E-state index is 13.0. The Bertz CT molecular complexity index is 1310. The van der Waals surface area contributed by atoms with Crippen LogP contribution in [0.3, 0.4) is 0 Å². The minimum absolute atomic E-state index is 0.0510. The Morgan fingerprint density at radius 1 is 0.493 bits per heavy atom. The zero-order valence-electron chi connectivity index (χ0n) is 46.0. The van der Waals surface area contributed by atoms with Gasteiger partial charge < -0.3 is 19.8 Å². The van der Waals surface area contributed by atoms with Gasteiger partial charge in [0, 0.05) is 6.42 Å². The number of phosphoric ester groups is 1. The van der Waals surface area contributed by atoms with Crippen molar-refractivity contribution in [1.82, 2.24) is 5.32 Å². The van der Waals surface area contributed by atoms with E-state index in [1.54, 1.807) is 6.08 Å².